The molecule has 0 unspecified atom stereocenters. The Kier molecular flexibility index (Phi) is 4.65. The standard InChI is InChI=1S/C8H21N3/c1-7(2)8(3,4)5-10-6-11-9/h7,10-11H,5-6,9H2,1-4H3. The van der Waals surface area contributed by atoms with Gasteiger partial charge in [-0.2, -0.15) is 0 Å². The molecular weight excluding hydrogens is 138 g/mol. The Labute approximate surface area is 69.7 Å². The van der Waals surface area contributed by atoms with Crippen LogP contribution in [0, 0.1) is 11.3 Å². The van der Waals surface area contributed by atoms with Crippen LogP contribution in [0.15, 0.2) is 0 Å². The molecule has 0 aliphatic carbocycles. The van der Waals surface area contributed by atoms with Crippen LogP contribution in [0.4, 0.5) is 0 Å². The summed E-state index contributed by atoms with van der Waals surface area (Å²) in [4.78, 5) is 0. The molecule has 0 saturated heterocycles. The van der Waals surface area contributed by atoms with Crippen LogP contribution in [0.3, 0.4) is 0 Å². The summed E-state index contributed by atoms with van der Waals surface area (Å²) in [6.07, 6.45) is 0. The van der Waals surface area contributed by atoms with E-state index in [0.29, 0.717) is 18.0 Å². The summed E-state index contributed by atoms with van der Waals surface area (Å²) in [6, 6.07) is 0. The molecule has 0 aromatic carbocycles. The van der Waals surface area contributed by atoms with Gasteiger partial charge in [-0.1, -0.05) is 27.7 Å². The van der Waals surface area contributed by atoms with Crippen molar-refractivity contribution in [1.82, 2.24) is 10.7 Å². The molecule has 0 bridgehead atoms. The second-order valence-electron chi connectivity index (χ2n) is 3.95. The maximum Gasteiger partial charge on any atom is 0.0587 e. The first-order chi connectivity index (χ1) is 5.00. The van der Waals surface area contributed by atoms with Crippen molar-refractivity contribution in [3.63, 3.8) is 0 Å². The Bertz CT molecular complexity index is 99.5. The van der Waals surface area contributed by atoms with E-state index < -0.39 is 0 Å². The van der Waals surface area contributed by atoms with Crippen LogP contribution in [0.1, 0.15) is 27.7 Å². The quantitative estimate of drug-likeness (QED) is 0.239. The smallest absolute Gasteiger partial charge is 0.0587 e. The highest BCUT2D eigenvalue weighted by Crippen LogP contribution is 2.24. The predicted octanol–water partition coefficient (Wildman–Crippen LogP) is 0.679. The molecule has 0 radical (unpaired) electrons. The maximum absolute atomic E-state index is 5.12. The van der Waals surface area contributed by atoms with E-state index in [-0.39, 0.29) is 0 Å². The molecule has 0 amide bonds. The Morgan fingerprint density at radius 1 is 1.36 bits per heavy atom. The van der Waals surface area contributed by atoms with Gasteiger partial charge in [-0.15, -0.1) is 0 Å². The number of hydrazine groups is 1. The second kappa shape index (κ2) is 4.70. The van der Waals surface area contributed by atoms with Crippen molar-refractivity contribution in [3.05, 3.63) is 0 Å². The van der Waals surface area contributed by atoms with Gasteiger partial charge >= 0.3 is 0 Å². The van der Waals surface area contributed by atoms with Gasteiger partial charge in [0.2, 0.25) is 0 Å². The Hall–Kier alpha value is -0.120. The van der Waals surface area contributed by atoms with Gasteiger partial charge in [-0.05, 0) is 11.3 Å². The number of hydrogen-bond acceptors (Lipinski definition) is 3. The molecule has 0 saturated carbocycles. The van der Waals surface area contributed by atoms with Crippen molar-refractivity contribution in [2.75, 3.05) is 13.2 Å². The van der Waals surface area contributed by atoms with E-state index in [1.807, 2.05) is 0 Å². The summed E-state index contributed by atoms with van der Waals surface area (Å²) in [5, 5.41) is 3.22. The molecule has 0 rings (SSSR count). The number of nitrogens with one attached hydrogen (secondary N) is 2. The van der Waals surface area contributed by atoms with Crippen LogP contribution in [0.5, 0.6) is 0 Å². The summed E-state index contributed by atoms with van der Waals surface area (Å²) >= 11 is 0. The van der Waals surface area contributed by atoms with Gasteiger partial charge in [0.25, 0.3) is 0 Å². The minimum Gasteiger partial charge on any atom is -0.303 e. The van der Waals surface area contributed by atoms with E-state index >= 15 is 0 Å². The van der Waals surface area contributed by atoms with Crippen molar-refractivity contribution in [1.29, 1.82) is 0 Å². The third kappa shape index (κ3) is 4.35. The predicted molar refractivity (Wildman–Crippen MR) is 48.8 cm³/mol. The fourth-order valence-electron chi connectivity index (χ4n) is 0.661. The number of hydrogen-bond donors (Lipinski definition) is 3. The molecule has 0 spiro atoms. The van der Waals surface area contributed by atoms with Crippen LogP contribution in [-0.4, -0.2) is 13.2 Å². The van der Waals surface area contributed by atoms with E-state index in [0.717, 1.165) is 6.54 Å². The van der Waals surface area contributed by atoms with Gasteiger partial charge in [-0.3, -0.25) is 5.84 Å². The monoisotopic (exact) mass is 159 g/mol. The third-order valence-corrected chi connectivity index (χ3v) is 2.37. The summed E-state index contributed by atoms with van der Waals surface area (Å²) in [6.45, 7) is 10.6. The molecule has 11 heavy (non-hydrogen) atoms. The molecular formula is C8H21N3. The van der Waals surface area contributed by atoms with Crippen LogP contribution in [0.2, 0.25) is 0 Å². The Morgan fingerprint density at radius 3 is 2.27 bits per heavy atom. The first-order valence-electron chi connectivity index (χ1n) is 4.15. The van der Waals surface area contributed by atoms with Crippen LogP contribution < -0.4 is 16.6 Å². The van der Waals surface area contributed by atoms with Gasteiger partial charge in [0.15, 0.2) is 0 Å². The number of rotatable bonds is 5. The molecule has 4 N–H and O–H groups in total. The van der Waals surface area contributed by atoms with Crippen LogP contribution in [-0.2, 0) is 0 Å². The molecule has 0 heterocycles. The van der Waals surface area contributed by atoms with E-state index in [9.17, 15) is 0 Å². The average Bonchev–Trinajstić information content (AvgIpc) is 1.88. The molecule has 0 atom stereocenters. The Morgan fingerprint density at radius 2 is 1.91 bits per heavy atom. The minimum absolute atomic E-state index is 0.344. The lowest BCUT2D eigenvalue weighted by Gasteiger charge is -2.29. The molecule has 0 aliphatic heterocycles. The molecule has 0 fully saturated rings. The largest absolute Gasteiger partial charge is 0.303 e. The minimum atomic E-state index is 0.344. The zero-order valence-electron chi connectivity index (χ0n) is 8.07. The van der Waals surface area contributed by atoms with Crippen molar-refractivity contribution >= 4 is 0 Å². The molecule has 68 valence electrons. The average molecular weight is 159 g/mol. The van der Waals surface area contributed by atoms with E-state index in [1.165, 1.54) is 0 Å². The topological polar surface area (TPSA) is 50.1 Å². The maximum atomic E-state index is 5.12. The van der Waals surface area contributed by atoms with Gasteiger partial charge in [-0.25, -0.2) is 5.43 Å². The second-order valence-corrected chi connectivity index (χ2v) is 3.95. The van der Waals surface area contributed by atoms with Crippen LogP contribution >= 0.6 is 0 Å². The van der Waals surface area contributed by atoms with Gasteiger partial charge in [0.1, 0.15) is 0 Å². The molecule has 3 nitrogen and oxygen atoms in total. The highest BCUT2D eigenvalue weighted by Gasteiger charge is 2.20. The summed E-state index contributed by atoms with van der Waals surface area (Å²) in [7, 11) is 0. The normalized spacial score (nSPS) is 12.5. The Balaban J connectivity index is 3.55. The first kappa shape index (κ1) is 10.9. The van der Waals surface area contributed by atoms with Gasteiger partial charge in [0, 0.05) is 6.54 Å². The fraction of sp³-hybridized carbons (Fsp3) is 1.00. The lowest BCUT2D eigenvalue weighted by Crippen LogP contribution is -2.40. The van der Waals surface area contributed by atoms with E-state index in [4.69, 9.17) is 5.84 Å². The lowest BCUT2D eigenvalue weighted by atomic mass is 9.81. The molecule has 0 aliphatic rings. The zero-order valence-corrected chi connectivity index (χ0v) is 8.07. The fourth-order valence-corrected chi connectivity index (χ4v) is 0.661. The van der Waals surface area contributed by atoms with Crippen LogP contribution in [0.25, 0.3) is 0 Å². The SMILES string of the molecule is CC(C)C(C)(C)CNCNN. The highest BCUT2D eigenvalue weighted by molar-refractivity contribution is 4.74. The van der Waals surface area contributed by atoms with E-state index in [2.05, 4.69) is 38.4 Å². The molecule has 3 heteroatoms. The van der Waals surface area contributed by atoms with Crippen molar-refractivity contribution < 1.29 is 0 Å². The lowest BCUT2D eigenvalue weighted by molar-refractivity contribution is 0.236. The highest BCUT2D eigenvalue weighted by atomic mass is 15.3. The molecule has 0 aromatic heterocycles. The summed E-state index contributed by atoms with van der Waals surface area (Å²) in [5.41, 5.74) is 2.91. The van der Waals surface area contributed by atoms with Crippen molar-refractivity contribution in [2.45, 2.75) is 27.7 Å². The zero-order chi connectivity index (χ0) is 8.91. The third-order valence-electron chi connectivity index (χ3n) is 2.37. The molecule has 0 aromatic rings. The van der Waals surface area contributed by atoms with Crippen molar-refractivity contribution in [2.24, 2.45) is 17.2 Å². The van der Waals surface area contributed by atoms with Gasteiger partial charge < -0.3 is 5.32 Å². The number of nitrogens with two attached hydrogens (primary N) is 1. The van der Waals surface area contributed by atoms with E-state index in [1.54, 1.807) is 0 Å². The van der Waals surface area contributed by atoms with Gasteiger partial charge in [0.05, 0.1) is 6.67 Å². The summed E-state index contributed by atoms with van der Waals surface area (Å²) in [5.74, 6) is 5.81. The van der Waals surface area contributed by atoms with Crippen molar-refractivity contribution in [3.8, 4) is 0 Å². The summed E-state index contributed by atoms with van der Waals surface area (Å²) < 4.78 is 0. The first-order valence-corrected chi connectivity index (χ1v) is 4.15.